The van der Waals surface area contributed by atoms with E-state index in [1.165, 1.54) is 6.92 Å². The van der Waals surface area contributed by atoms with Crippen molar-refractivity contribution in [1.82, 2.24) is 0 Å². The minimum Gasteiger partial charge on any atom is -0.270 e. The van der Waals surface area contributed by atoms with Crippen LogP contribution >= 0.6 is 0 Å². The number of amides is 1. The minimum absolute atomic E-state index is 0.119. The average molecular weight is 465 g/mol. The fourth-order valence-corrected chi connectivity index (χ4v) is 3.31. The number of pyridine rings is 1. The number of benzene rings is 3. The average Bonchev–Trinajstić information content (AvgIpc) is 2.79. The number of hydrogen-bond acceptors (Lipinski definition) is 5. The molecule has 0 unspecified atom stereocenters. The molecule has 0 spiro atoms. The molecule has 8 heteroatoms. The first kappa shape index (κ1) is 24.1. The predicted octanol–water partition coefficient (Wildman–Crippen LogP) is 0.309. The number of rotatable bonds is 4. The van der Waals surface area contributed by atoms with Crippen molar-refractivity contribution in [2.75, 3.05) is 5.43 Å². The highest BCUT2D eigenvalue weighted by Crippen LogP contribution is 2.28. The Labute approximate surface area is 193 Å². The van der Waals surface area contributed by atoms with Crippen molar-refractivity contribution < 1.29 is 38.3 Å². The summed E-state index contributed by atoms with van der Waals surface area (Å²) in [4.78, 5) is 12.0. The maximum Gasteiger partial charge on any atom is 0.271 e. The van der Waals surface area contributed by atoms with E-state index in [1.54, 1.807) is 0 Å². The third kappa shape index (κ3) is 7.21. The van der Waals surface area contributed by atoms with Crippen LogP contribution in [0.3, 0.4) is 0 Å². The summed E-state index contributed by atoms with van der Waals surface area (Å²) in [6, 6.07) is 34.7. The van der Waals surface area contributed by atoms with Gasteiger partial charge in [-0.25, -0.2) is 18.6 Å². The van der Waals surface area contributed by atoms with Gasteiger partial charge in [-0.05, 0) is 35.4 Å². The van der Waals surface area contributed by atoms with Crippen LogP contribution in [0.2, 0.25) is 0 Å². The summed E-state index contributed by atoms with van der Waals surface area (Å²) < 4.78 is 35.8. The Morgan fingerprint density at radius 2 is 0.970 bits per heavy atom. The van der Waals surface area contributed by atoms with Gasteiger partial charge in [0.1, 0.15) is 0 Å². The molecule has 1 amide bonds. The minimum atomic E-state index is -4.94. The maximum atomic E-state index is 12.0. The van der Waals surface area contributed by atoms with Crippen LogP contribution in [0.1, 0.15) is 6.92 Å². The first-order chi connectivity index (χ1) is 15.7. The van der Waals surface area contributed by atoms with Gasteiger partial charge in [0.15, 0.2) is 0 Å². The predicted molar refractivity (Wildman–Crippen MR) is 113 cm³/mol. The fraction of sp³-hybridized carbons (Fsp3) is 0.0400. The van der Waals surface area contributed by atoms with Crippen molar-refractivity contribution in [3.8, 4) is 33.6 Å². The summed E-state index contributed by atoms with van der Waals surface area (Å²) in [5, 5.41) is 0. The van der Waals surface area contributed by atoms with Crippen molar-refractivity contribution in [1.29, 1.82) is 0 Å². The second-order valence-corrected chi connectivity index (χ2v) is 7.75. The summed E-state index contributed by atoms with van der Waals surface area (Å²) in [7, 11) is -4.94. The molecule has 4 aromatic rings. The Balaban J connectivity index is 0.000000555. The number of carbonyl (C=O) groups is 1. The maximum absolute atomic E-state index is 12.0. The van der Waals surface area contributed by atoms with Gasteiger partial charge in [0, 0.05) is 30.2 Å². The molecule has 0 aliphatic carbocycles. The van der Waals surface area contributed by atoms with Crippen molar-refractivity contribution in [2.45, 2.75) is 6.92 Å². The molecule has 0 bridgehead atoms. The molecule has 0 saturated heterocycles. The van der Waals surface area contributed by atoms with E-state index in [-0.39, 0.29) is 5.91 Å². The van der Waals surface area contributed by atoms with Gasteiger partial charge >= 0.3 is 0 Å². The highest BCUT2D eigenvalue weighted by atomic mass is 35.7. The molecule has 0 fully saturated rings. The van der Waals surface area contributed by atoms with E-state index in [0.717, 1.165) is 33.6 Å². The van der Waals surface area contributed by atoms with Crippen molar-refractivity contribution >= 4 is 5.91 Å². The molecule has 0 radical (unpaired) electrons. The second-order valence-electron chi connectivity index (χ2n) is 6.99. The lowest BCUT2D eigenvalue weighted by atomic mass is 10.00. The van der Waals surface area contributed by atoms with Gasteiger partial charge in [-0.2, -0.15) is 0 Å². The molecule has 1 aromatic heterocycles. The fourth-order valence-electron chi connectivity index (χ4n) is 3.31. The van der Waals surface area contributed by atoms with E-state index in [2.05, 4.69) is 54.0 Å². The van der Waals surface area contributed by atoms with Crippen molar-refractivity contribution in [3.05, 3.63) is 103 Å². The molecule has 1 N–H and O–H groups in total. The SMILES string of the molecule is CC(=O)N[n+]1c(-c2ccccc2)cc(-c2ccccc2)cc1-c1ccccc1.[O-][Cl+3]([O-])([O-])[O-]. The number of aromatic nitrogens is 1. The van der Waals surface area contributed by atoms with Crippen LogP contribution in [-0.2, 0) is 4.79 Å². The summed E-state index contributed by atoms with van der Waals surface area (Å²) in [5.74, 6) is -0.119. The quantitative estimate of drug-likeness (QED) is 0.435. The van der Waals surface area contributed by atoms with Crippen LogP contribution in [-0.4, -0.2) is 5.91 Å². The van der Waals surface area contributed by atoms with E-state index in [1.807, 2.05) is 59.3 Å². The van der Waals surface area contributed by atoms with Gasteiger partial charge in [0.25, 0.3) is 5.91 Å². The van der Waals surface area contributed by atoms with Gasteiger partial charge in [-0.1, -0.05) is 71.4 Å². The summed E-state index contributed by atoms with van der Waals surface area (Å²) in [5.41, 5.74) is 9.14. The lowest BCUT2D eigenvalue weighted by Crippen LogP contribution is -2.68. The van der Waals surface area contributed by atoms with E-state index in [0.29, 0.717) is 0 Å². The lowest BCUT2D eigenvalue weighted by molar-refractivity contribution is -2.00. The van der Waals surface area contributed by atoms with Crippen LogP contribution in [0, 0.1) is 10.2 Å². The molecule has 0 aliphatic heterocycles. The number of nitrogens with zero attached hydrogens (tertiary/aromatic N) is 1. The number of carbonyl (C=O) groups excluding carboxylic acids is 1. The largest absolute Gasteiger partial charge is 0.271 e. The Morgan fingerprint density at radius 1 is 0.636 bits per heavy atom. The molecule has 0 saturated carbocycles. The molecule has 0 atom stereocenters. The molecule has 7 nitrogen and oxygen atoms in total. The van der Waals surface area contributed by atoms with E-state index >= 15 is 0 Å². The summed E-state index contributed by atoms with van der Waals surface area (Å²) in [6.07, 6.45) is 0. The highest BCUT2D eigenvalue weighted by molar-refractivity contribution is 5.80. The number of nitrogens with one attached hydrogen (secondary N) is 1. The zero-order valence-electron chi connectivity index (χ0n) is 17.7. The second kappa shape index (κ2) is 10.8. The van der Waals surface area contributed by atoms with Crippen LogP contribution in [0.4, 0.5) is 0 Å². The Morgan fingerprint density at radius 3 is 1.30 bits per heavy atom. The molecule has 4 rings (SSSR count). The number of halogens is 1. The van der Waals surface area contributed by atoms with E-state index in [4.69, 9.17) is 18.6 Å². The smallest absolute Gasteiger partial charge is 0.270 e. The van der Waals surface area contributed by atoms with Gasteiger partial charge in [0.2, 0.25) is 11.4 Å². The van der Waals surface area contributed by atoms with Crippen LogP contribution in [0.25, 0.3) is 33.6 Å². The molecule has 33 heavy (non-hydrogen) atoms. The topological polar surface area (TPSA) is 125 Å². The highest BCUT2D eigenvalue weighted by Gasteiger charge is 2.24. The zero-order valence-corrected chi connectivity index (χ0v) is 18.4. The molecule has 3 aromatic carbocycles. The van der Waals surface area contributed by atoms with Crippen LogP contribution < -0.4 is 28.7 Å². The Hall–Kier alpha value is -3.59. The van der Waals surface area contributed by atoms with Crippen molar-refractivity contribution in [2.24, 2.45) is 0 Å². The van der Waals surface area contributed by atoms with Crippen LogP contribution in [0.5, 0.6) is 0 Å². The Bertz CT molecular complexity index is 1130. The van der Waals surface area contributed by atoms with Gasteiger partial charge in [-0.15, -0.1) is 15.7 Å². The van der Waals surface area contributed by atoms with E-state index in [9.17, 15) is 4.79 Å². The Kier molecular flexibility index (Phi) is 7.89. The molecule has 168 valence electrons. The lowest BCUT2D eigenvalue weighted by Gasteiger charge is -2.17. The number of hydrogen-bond donors (Lipinski definition) is 1. The van der Waals surface area contributed by atoms with Gasteiger partial charge < -0.3 is 0 Å². The summed E-state index contributed by atoms with van der Waals surface area (Å²) in [6.45, 7) is 1.53. The molecule has 0 aliphatic rings. The third-order valence-electron chi connectivity index (χ3n) is 4.58. The zero-order chi connectivity index (χ0) is 23.8. The third-order valence-corrected chi connectivity index (χ3v) is 4.58. The van der Waals surface area contributed by atoms with Gasteiger partial charge in [-0.3, -0.25) is 4.79 Å². The molecule has 1 heterocycles. The molecular formula is C25H21ClN2O5. The molecular weight excluding hydrogens is 444 g/mol. The summed E-state index contributed by atoms with van der Waals surface area (Å²) >= 11 is 0. The first-order valence-electron chi connectivity index (χ1n) is 9.88. The van der Waals surface area contributed by atoms with Crippen LogP contribution in [0.15, 0.2) is 103 Å². The normalized spacial score (nSPS) is 10.7. The first-order valence-corrected chi connectivity index (χ1v) is 11.1. The standard InChI is InChI=1S/C25H20N2O.ClHO4/c1-19(28)26-27-24(21-13-7-3-8-14-21)17-23(20-11-5-2-6-12-20)18-25(27)22-15-9-4-10-16-22;2-1(3,4)5/h2-18H,1H3;(H,2,3,4,5). The van der Waals surface area contributed by atoms with Gasteiger partial charge in [0.05, 0.1) is 0 Å². The monoisotopic (exact) mass is 464 g/mol. The van der Waals surface area contributed by atoms with E-state index < -0.39 is 10.2 Å². The van der Waals surface area contributed by atoms with Crippen molar-refractivity contribution in [3.63, 3.8) is 0 Å².